The van der Waals surface area contributed by atoms with Crippen molar-refractivity contribution >= 4 is 27.3 Å². The van der Waals surface area contributed by atoms with Gasteiger partial charge < -0.3 is 5.32 Å². The average Bonchev–Trinajstić information content (AvgIpc) is 2.52. The largest absolute Gasteiger partial charge is 0.312 e. The van der Waals surface area contributed by atoms with Gasteiger partial charge >= 0.3 is 0 Å². The Morgan fingerprint density at radius 1 is 1.47 bits per heavy atom. The van der Waals surface area contributed by atoms with Crippen LogP contribution in [-0.4, -0.2) is 7.05 Å². The van der Waals surface area contributed by atoms with E-state index in [2.05, 4.69) is 66.8 Å². The zero-order chi connectivity index (χ0) is 13.1. The van der Waals surface area contributed by atoms with Crippen LogP contribution < -0.4 is 5.32 Å². The first-order valence-electron chi connectivity index (χ1n) is 5.76. The fourth-order valence-electron chi connectivity index (χ4n) is 1.42. The summed E-state index contributed by atoms with van der Waals surface area (Å²) in [6.07, 6.45) is 0.861. The predicted octanol–water partition coefficient (Wildman–Crippen LogP) is 4.52. The van der Waals surface area contributed by atoms with Crippen molar-refractivity contribution in [1.82, 2.24) is 5.32 Å². The van der Waals surface area contributed by atoms with Crippen molar-refractivity contribution < 1.29 is 0 Å². The fourth-order valence-corrected chi connectivity index (χ4v) is 3.10. The van der Waals surface area contributed by atoms with Crippen LogP contribution in [0.2, 0.25) is 0 Å². The molecule has 17 heavy (non-hydrogen) atoms. The molecule has 0 aliphatic heterocycles. The first kappa shape index (κ1) is 14.8. The molecule has 0 bridgehead atoms. The molecule has 1 N–H and O–H groups in total. The second-order valence-corrected chi connectivity index (χ2v) is 7.60. The van der Waals surface area contributed by atoms with Crippen molar-refractivity contribution in [3.63, 3.8) is 0 Å². The highest BCUT2D eigenvalue weighted by Gasteiger charge is 2.12. The van der Waals surface area contributed by atoms with E-state index in [-0.39, 0.29) is 5.41 Å². The molecule has 0 amide bonds. The lowest BCUT2D eigenvalue weighted by atomic mass is 9.97. The Morgan fingerprint density at radius 2 is 2.12 bits per heavy atom. The smallest absolute Gasteiger partial charge is 0.0731 e. The van der Waals surface area contributed by atoms with E-state index in [1.165, 1.54) is 14.2 Å². The quantitative estimate of drug-likeness (QED) is 0.809. The van der Waals surface area contributed by atoms with Crippen molar-refractivity contribution in [2.75, 3.05) is 7.05 Å². The SMILES string of the molecule is CNC(CC#CC(C)(C)C)c1cc(C)c(Br)s1. The molecule has 0 saturated heterocycles. The van der Waals surface area contributed by atoms with Gasteiger partial charge in [0.1, 0.15) is 0 Å². The van der Waals surface area contributed by atoms with Crippen LogP contribution in [0.5, 0.6) is 0 Å². The van der Waals surface area contributed by atoms with Crippen LogP contribution in [0.15, 0.2) is 9.85 Å². The molecule has 0 aliphatic rings. The van der Waals surface area contributed by atoms with Crippen molar-refractivity contribution in [1.29, 1.82) is 0 Å². The maximum Gasteiger partial charge on any atom is 0.0731 e. The number of nitrogens with one attached hydrogen (secondary N) is 1. The maximum atomic E-state index is 3.57. The number of hydrogen-bond acceptors (Lipinski definition) is 2. The molecule has 0 spiro atoms. The Kier molecular flexibility index (Phi) is 5.24. The third kappa shape index (κ3) is 4.83. The molecule has 94 valence electrons. The van der Waals surface area contributed by atoms with Gasteiger partial charge in [0.15, 0.2) is 0 Å². The molecule has 0 aliphatic carbocycles. The normalized spacial score (nSPS) is 13.1. The van der Waals surface area contributed by atoms with Gasteiger partial charge in [-0.05, 0) is 62.3 Å². The standard InChI is InChI=1S/C14H20BrNS/c1-10-9-12(17-13(10)15)11(16-5)7-6-8-14(2,3)4/h9,11,16H,7H2,1-5H3. The molecule has 1 nitrogen and oxygen atoms in total. The minimum absolute atomic E-state index is 0.0875. The average molecular weight is 314 g/mol. The lowest BCUT2D eigenvalue weighted by Crippen LogP contribution is -2.14. The lowest BCUT2D eigenvalue weighted by molar-refractivity contribution is 0.567. The molecule has 1 atom stereocenters. The Morgan fingerprint density at radius 3 is 2.53 bits per heavy atom. The van der Waals surface area contributed by atoms with E-state index in [1.54, 1.807) is 11.3 Å². The van der Waals surface area contributed by atoms with Gasteiger partial charge in [-0.3, -0.25) is 0 Å². The van der Waals surface area contributed by atoms with Crippen LogP contribution in [0.25, 0.3) is 0 Å². The van der Waals surface area contributed by atoms with Crippen molar-refractivity contribution in [3.05, 3.63) is 20.3 Å². The van der Waals surface area contributed by atoms with Crippen molar-refractivity contribution in [2.45, 2.75) is 40.2 Å². The summed E-state index contributed by atoms with van der Waals surface area (Å²) in [5.41, 5.74) is 1.39. The van der Waals surface area contributed by atoms with E-state index in [1.807, 2.05) is 7.05 Å². The van der Waals surface area contributed by atoms with Gasteiger partial charge in [0.25, 0.3) is 0 Å². The molecule has 1 aromatic heterocycles. The summed E-state index contributed by atoms with van der Waals surface area (Å²) in [6, 6.07) is 2.56. The number of rotatable bonds is 3. The molecular formula is C14H20BrNS. The minimum atomic E-state index is 0.0875. The van der Waals surface area contributed by atoms with Crippen LogP contribution in [0.4, 0.5) is 0 Å². The fraction of sp³-hybridized carbons (Fsp3) is 0.571. The topological polar surface area (TPSA) is 12.0 Å². The predicted molar refractivity (Wildman–Crippen MR) is 80.4 cm³/mol. The van der Waals surface area contributed by atoms with Crippen LogP contribution in [0.3, 0.4) is 0 Å². The van der Waals surface area contributed by atoms with Gasteiger partial charge in [-0.15, -0.1) is 17.3 Å². The Hall–Kier alpha value is -0.300. The van der Waals surface area contributed by atoms with Gasteiger partial charge in [-0.2, -0.15) is 0 Å². The maximum absolute atomic E-state index is 3.57. The first-order chi connectivity index (χ1) is 7.83. The summed E-state index contributed by atoms with van der Waals surface area (Å²) >= 11 is 5.36. The summed E-state index contributed by atoms with van der Waals surface area (Å²) in [5.74, 6) is 6.56. The van der Waals surface area contributed by atoms with Gasteiger partial charge in [-0.1, -0.05) is 5.92 Å². The van der Waals surface area contributed by atoms with Gasteiger partial charge in [-0.25, -0.2) is 0 Å². The van der Waals surface area contributed by atoms with Crippen molar-refractivity contribution in [3.8, 4) is 11.8 Å². The Labute approximate surface area is 117 Å². The van der Waals surface area contributed by atoms with E-state index in [0.717, 1.165) is 6.42 Å². The highest BCUT2D eigenvalue weighted by molar-refractivity contribution is 9.11. The van der Waals surface area contributed by atoms with E-state index in [0.29, 0.717) is 6.04 Å². The highest BCUT2D eigenvalue weighted by atomic mass is 79.9. The number of thiophene rings is 1. The van der Waals surface area contributed by atoms with Crippen LogP contribution in [0.1, 0.15) is 43.7 Å². The van der Waals surface area contributed by atoms with E-state index >= 15 is 0 Å². The summed E-state index contributed by atoms with van der Waals surface area (Å²) < 4.78 is 1.22. The zero-order valence-electron chi connectivity index (χ0n) is 11.1. The highest BCUT2D eigenvalue weighted by Crippen LogP contribution is 2.32. The third-order valence-electron chi connectivity index (χ3n) is 2.34. The van der Waals surface area contributed by atoms with Crippen LogP contribution in [-0.2, 0) is 0 Å². The molecule has 1 unspecified atom stereocenters. The lowest BCUT2D eigenvalue weighted by Gasteiger charge is -2.11. The number of aryl methyl sites for hydroxylation is 1. The molecule has 1 rings (SSSR count). The van der Waals surface area contributed by atoms with Crippen molar-refractivity contribution in [2.24, 2.45) is 5.41 Å². The number of halogens is 1. The molecule has 0 radical (unpaired) electrons. The minimum Gasteiger partial charge on any atom is -0.312 e. The Balaban J connectivity index is 2.75. The first-order valence-corrected chi connectivity index (χ1v) is 7.37. The van der Waals surface area contributed by atoms with Crippen LogP contribution >= 0.6 is 27.3 Å². The van der Waals surface area contributed by atoms with E-state index in [9.17, 15) is 0 Å². The zero-order valence-corrected chi connectivity index (χ0v) is 13.6. The monoisotopic (exact) mass is 313 g/mol. The molecule has 1 heterocycles. The second-order valence-electron chi connectivity index (χ2n) is 5.20. The number of hydrogen-bond donors (Lipinski definition) is 1. The molecule has 1 aromatic rings. The second kappa shape index (κ2) is 6.04. The molecule has 3 heteroatoms. The van der Waals surface area contributed by atoms with Crippen LogP contribution in [0, 0.1) is 24.2 Å². The third-order valence-corrected chi connectivity index (χ3v) is 4.59. The van der Waals surface area contributed by atoms with E-state index < -0.39 is 0 Å². The summed E-state index contributed by atoms with van der Waals surface area (Å²) in [5, 5.41) is 3.33. The van der Waals surface area contributed by atoms with Gasteiger partial charge in [0, 0.05) is 16.7 Å². The van der Waals surface area contributed by atoms with Gasteiger partial charge in [0.05, 0.1) is 9.83 Å². The molecular weight excluding hydrogens is 294 g/mol. The summed E-state index contributed by atoms with van der Waals surface area (Å²) in [6.45, 7) is 8.54. The van der Waals surface area contributed by atoms with E-state index in [4.69, 9.17) is 0 Å². The summed E-state index contributed by atoms with van der Waals surface area (Å²) in [4.78, 5) is 1.35. The molecule has 0 saturated carbocycles. The molecule has 0 aromatic carbocycles. The molecule has 0 fully saturated rings. The van der Waals surface area contributed by atoms with Gasteiger partial charge in [0.2, 0.25) is 0 Å². The summed E-state index contributed by atoms with van der Waals surface area (Å²) in [7, 11) is 1.99. The Bertz CT molecular complexity index is 412.